The van der Waals surface area contributed by atoms with Gasteiger partial charge in [-0.25, -0.2) is 0 Å². The lowest BCUT2D eigenvalue weighted by Gasteiger charge is -2.12. The van der Waals surface area contributed by atoms with Gasteiger partial charge in [-0.2, -0.15) is 23.5 Å². The third-order valence-corrected chi connectivity index (χ3v) is 3.48. The average Bonchev–Trinajstić information content (AvgIpc) is 2.56. The Morgan fingerprint density at radius 1 is 1.20 bits per heavy atom. The largest absolute Gasteiger partial charge is 0.416 e. The second-order valence-corrected chi connectivity index (χ2v) is 5.57. The molecule has 0 saturated carbocycles. The molecular weight excluding hydrogens is 373 g/mol. The van der Waals surface area contributed by atoms with Crippen molar-refractivity contribution in [1.29, 1.82) is 5.26 Å². The summed E-state index contributed by atoms with van der Waals surface area (Å²) >= 11 is 10.8. The molecule has 0 aliphatic heterocycles. The van der Waals surface area contributed by atoms with Crippen molar-refractivity contribution in [3.8, 4) is 6.07 Å². The number of hydrogen-bond donors (Lipinski definition) is 2. The van der Waals surface area contributed by atoms with Gasteiger partial charge in [-0.3, -0.25) is 5.43 Å². The molecule has 0 saturated heterocycles. The maximum atomic E-state index is 12.7. The van der Waals surface area contributed by atoms with Crippen LogP contribution in [0.5, 0.6) is 0 Å². The van der Waals surface area contributed by atoms with Crippen LogP contribution in [0.25, 0.3) is 0 Å². The van der Waals surface area contributed by atoms with Crippen LogP contribution in [0.15, 0.2) is 47.6 Å². The number of nitrogens with zero attached hydrogens (tertiary/aromatic N) is 2. The van der Waals surface area contributed by atoms with Gasteiger partial charge in [0.1, 0.15) is 0 Å². The van der Waals surface area contributed by atoms with Crippen LogP contribution in [0.3, 0.4) is 0 Å². The van der Waals surface area contributed by atoms with E-state index in [0.29, 0.717) is 11.1 Å². The number of hydrogen-bond acceptors (Lipinski definition) is 3. The van der Waals surface area contributed by atoms with E-state index < -0.39 is 11.7 Å². The molecule has 0 atom stereocenters. The lowest BCUT2D eigenvalue weighted by molar-refractivity contribution is -0.137. The van der Waals surface area contributed by atoms with Gasteiger partial charge >= 0.3 is 6.18 Å². The zero-order chi connectivity index (χ0) is 18.4. The van der Waals surface area contributed by atoms with Crippen molar-refractivity contribution in [2.45, 2.75) is 6.18 Å². The summed E-state index contributed by atoms with van der Waals surface area (Å²) in [6, 6.07) is 11.5. The maximum Gasteiger partial charge on any atom is 0.416 e. The number of halogens is 4. The van der Waals surface area contributed by atoms with Gasteiger partial charge in [-0.15, -0.1) is 0 Å². The molecule has 0 amide bonds. The molecule has 2 N–H and O–H groups in total. The van der Waals surface area contributed by atoms with Crippen molar-refractivity contribution >= 4 is 40.8 Å². The molecule has 0 spiro atoms. The van der Waals surface area contributed by atoms with Crippen LogP contribution in [-0.4, -0.2) is 11.3 Å². The van der Waals surface area contributed by atoms with Crippen LogP contribution >= 0.6 is 23.8 Å². The topological polar surface area (TPSA) is 60.2 Å². The fraction of sp³-hybridized carbons (Fsp3) is 0.0625. The molecule has 0 radical (unpaired) electrons. The molecular formula is C16H10ClF3N4S. The first-order valence-corrected chi connectivity index (χ1v) is 7.55. The molecule has 4 nitrogen and oxygen atoms in total. The summed E-state index contributed by atoms with van der Waals surface area (Å²) in [7, 11) is 0. The van der Waals surface area contributed by atoms with Crippen LogP contribution < -0.4 is 10.7 Å². The first kappa shape index (κ1) is 18.7. The van der Waals surface area contributed by atoms with Crippen molar-refractivity contribution < 1.29 is 13.2 Å². The predicted octanol–water partition coefficient (Wildman–Crippen LogP) is 4.55. The number of alkyl halides is 3. The Kier molecular flexibility index (Phi) is 5.96. The lowest BCUT2D eigenvalue weighted by Crippen LogP contribution is -2.24. The van der Waals surface area contributed by atoms with E-state index in [1.165, 1.54) is 6.21 Å². The van der Waals surface area contributed by atoms with Crippen LogP contribution in [0.1, 0.15) is 16.7 Å². The third kappa shape index (κ3) is 5.45. The highest BCUT2D eigenvalue weighted by Crippen LogP contribution is 2.33. The monoisotopic (exact) mass is 382 g/mol. The molecule has 2 aromatic carbocycles. The molecule has 2 aromatic rings. The molecule has 0 aliphatic rings. The van der Waals surface area contributed by atoms with E-state index in [-0.39, 0.29) is 15.8 Å². The molecule has 25 heavy (non-hydrogen) atoms. The van der Waals surface area contributed by atoms with E-state index in [4.69, 9.17) is 29.1 Å². The van der Waals surface area contributed by atoms with Gasteiger partial charge in [-0.1, -0.05) is 23.7 Å². The van der Waals surface area contributed by atoms with E-state index in [1.807, 2.05) is 6.07 Å². The van der Waals surface area contributed by atoms with Gasteiger partial charge in [0.15, 0.2) is 5.11 Å². The van der Waals surface area contributed by atoms with Crippen molar-refractivity contribution in [3.05, 3.63) is 64.2 Å². The van der Waals surface area contributed by atoms with E-state index in [1.54, 1.807) is 24.3 Å². The quantitative estimate of drug-likeness (QED) is 0.464. The van der Waals surface area contributed by atoms with Gasteiger partial charge < -0.3 is 5.32 Å². The van der Waals surface area contributed by atoms with Gasteiger partial charge in [0.25, 0.3) is 0 Å². The highest BCUT2D eigenvalue weighted by Gasteiger charge is 2.31. The number of anilines is 1. The van der Waals surface area contributed by atoms with E-state index in [9.17, 15) is 13.2 Å². The predicted molar refractivity (Wildman–Crippen MR) is 94.6 cm³/mol. The Morgan fingerprint density at radius 3 is 2.48 bits per heavy atom. The zero-order valence-corrected chi connectivity index (χ0v) is 14.0. The van der Waals surface area contributed by atoms with E-state index in [2.05, 4.69) is 15.8 Å². The summed E-state index contributed by atoms with van der Waals surface area (Å²) in [6.45, 7) is 0. The van der Waals surface area contributed by atoms with Gasteiger partial charge in [0.2, 0.25) is 0 Å². The first-order valence-electron chi connectivity index (χ1n) is 6.76. The number of nitrogens with one attached hydrogen (secondary N) is 2. The lowest BCUT2D eigenvalue weighted by atomic mass is 10.2. The number of hydrazone groups is 1. The summed E-state index contributed by atoms with van der Waals surface area (Å²) < 4.78 is 38.2. The molecule has 128 valence electrons. The van der Waals surface area contributed by atoms with Crippen LogP contribution in [0.4, 0.5) is 18.9 Å². The van der Waals surface area contributed by atoms with Gasteiger partial charge in [0.05, 0.1) is 34.1 Å². The molecule has 0 fully saturated rings. The van der Waals surface area contributed by atoms with Gasteiger partial charge in [0, 0.05) is 0 Å². The minimum atomic E-state index is -4.48. The second-order valence-electron chi connectivity index (χ2n) is 4.75. The number of benzene rings is 2. The van der Waals surface area contributed by atoms with E-state index >= 15 is 0 Å². The Morgan fingerprint density at radius 2 is 1.88 bits per heavy atom. The van der Waals surface area contributed by atoms with Crippen molar-refractivity contribution in [3.63, 3.8) is 0 Å². The minimum absolute atomic E-state index is 0.0163. The molecule has 0 aliphatic carbocycles. The van der Waals surface area contributed by atoms with Crippen LogP contribution in [-0.2, 0) is 6.18 Å². The minimum Gasteiger partial charge on any atom is -0.330 e. The third-order valence-electron chi connectivity index (χ3n) is 2.96. The molecule has 0 heterocycles. The summed E-state index contributed by atoms with van der Waals surface area (Å²) in [6.07, 6.45) is -3.04. The fourth-order valence-corrected chi connectivity index (χ4v) is 2.08. The highest BCUT2D eigenvalue weighted by atomic mass is 35.5. The first-order chi connectivity index (χ1) is 11.8. The Bertz CT molecular complexity index is 842. The Hall–Kier alpha value is -2.63. The second kappa shape index (κ2) is 7.96. The Balaban J connectivity index is 2.00. The van der Waals surface area contributed by atoms with Crippen molar-refractivity contribution in [1.82, 2.24) is 5.43 Å². The molecule has 0 aromatic heterocycles. The number of rotatable bonds is 3. The number of nitriles is 1. The molecule has 9 heteroatoms. The summed E-state index contributed by atoms with van der Waals surface area (Å²) in [5.74, 6) is 0. The van der Waals surface area contributed by atoms with E-state index in [0.717, 1.165) is 18.2 Å². The smallest absolute Gasteiger partial charge is 0.330 e. The summed E-state index contributed by atoms with van der Waals surface area (Å²) in [4.78, 5) is 0. The molecule has 2 rings (SSSR count). The van der Waals surface area contributed by atoms with Crippen LogP contribution in [0, 0.1) is 11.3 Å². The average molecular weight is 383 g/mol. The zero-order valence-electron chi connectivity index (χ0n) is 12.4. The summed E-state index contributed by atoms with van der Waals surface area (Å²) in [5, 5.41) is 15.2. The van der Waals surface area contributed by atoms with Crippen LogP contribution in [0.2, 0.25) is 5.02 Å². The standard InChI is InChI=1S/C16H10ClF3N4S/c17-13-6-5-12(16(18,19)20)7-14(13)23-15(25)24-22-9-11-3-1-10(8-21)2-4-11/h1-7,9H,(H2,23,24,25)/b22-9+. The molecule has 0 unspecified atom stereocenters. The number of thiocarbonyl (C=S) groups is 1. The van der Waals surface area contributed by atoms with Crippen molar-refractivity contribution in [2.75, 3.05) is 5.32 Å². The summed E-state index contributed by atoms with van der Waals surface area (Å²) in [5.41, 5.74) is 2.88. The SMILES string of the molecule is N#Cc1ccc(/C=N/NC(=S)Nc2cc(C(F)(F)F)ccc2Cl)cc1. The maximum absolute atomic E-state index is 12.7. The normalized spacial score (nSPS) is 11.2. The fourth-order valence-electron chi connectivity index (χ4n) is 1.76. The highest BCUT2D eigenvalue weighted by molar-refractivity contribution is 7.80. The van der Waals surface area contributed by atoms with Gasteiger partial charge in [-0.05, 0) is 48.1 Å². The molecule has 0 bridgehead atoms. The Labute approximate surface area is 151 Å². The van der Waals surface area contributed by atoms with Crippen molar-refractivity contribution in [2.24, 2.45) is 5.10 Å².